The van der Waals surface area contributed by atoms with Gasteiger partial charge in [0, 0.05) is 16.8 Å². The molecule has 0 saturated carbocycles. The van der Waals surface area contributed by atoms with Gasteiger partial charge in [-0.05, 0) is 31.0 Å². The average molecular weight is 471 g/mol. The highest BCUT2D eigenvalue weighted by molar-refractivity contribution is 7.49. The summed E-state index contributed by atoms with van der Waals surface area (Å²) in [4.78, 5) is 25.7. The van der Waals surface area contributed by atoms with E-state index in [0.29, 0.717) is 10.6 Å². The number of hydrogen-bond acceptors (Lipinski definition) is 9. The highest BCUT2D eigenvalue weighted by atomic mass is 35.5. The summed E-state index contributed by atoms with van der Waals surface area (Å²) in [5, 5.41) is 21.2. The molecule has 3 N–H and O–H groups in total. The van der Waals surface area contributed by atoms with Crippen LogP contribution in [-0.2, 0) is 25.0 Å². The van der Waals surface area contributed by atoms with Gasteiger partial charge in [-0.3, -0.25) is 18.9 Å². The lowest BCUT2D eigenvalue weighted by atomic mass is 10.2. The minimum atomic E-state index is -4.42. The Morgan fingerprint density at radius 3 is 2.87 bits per heavy atom. The third kappa shape index (κ3) is 4.33. The summed E-state index contributed by atoms with van der Waals surface area (Å²) in [7, 11) is -4.42. The van der Waals surface area contributed by atoms with Gasteiger partial charge < -0.3 is 19.5 Å². The molecule has 2 aromatic rings. The zero-order chi connectivity index (χ0) is 22.4. The number of ether oxygens (including phenoxy) is 1. The van der Waals surface area contributed by atoms with E-state index >= 15 is 0 Å². The molecule has 1 aromatic carbocycles. The molecule has 0 aliphatic carbocycles. The molecular formula is C18H16ClN2O9P. The van der Waals surface area contributed by atoms with Gasteiger partial charge in [0.1, 0.15) is 23.6 Å². The number of H-pyrrole nitrogens is 1. The minimum Gasteiger partial charge on any atom is -0.404 e. The van der Waals surface area contributed by atoms with Crippen molar-refractivity contribution >= 4 is 19.4 Å². The molecule has 164 valence electrons. The van der Waals surface area contributed by atoms with Crippen LogP contribution < -0.4 is 15.8 Å². The molecule has 4 rings (SSSR count). The van der Waals surface area contributed by atoms with Crippen molar-refractivity contribution in [3.05, 3.63) is 61.4 Å². The maximum Gasteiger partial charge on any atom is 0.534 e. The fourth-order valence-corrected chi connectivity index (χ4v) is 4.72. The minimum absolute atomic E-state index is 0.000808. The third-order valence-electron chi connectivity index (χ3n) is 4.71. The predicted molar refractivity (Wildman–Crippen MR) is 105 cm³/mol. The van der Waals surface area contributed by atoms with E-state index in [0.717, 1.165) is 10.8 Å². The molecule has 3 heterocycles. The normalized spacial score (nSPS) is 25.5. The highest BCUT2D eigenvalue weighted by Gasteiger charge is 2.50. The molecular weight excluding hydrogens is 455 g/mol. The molecule has 3 unspecified atom stereocenters. The van der Waals surface area contributed by atoms with Gasteiger partial charge in [-0.25, -0.2) is 13.9 Å². The first kappa shape index (κ1) is 21.8. The first-order valence-corrected chi connectivity index (χ1v) is 10.8. The van der Waals surface area contributed by atoms with Crippen molar-refractivity contribution in [2.45, 2.75) is 37.8 Å². The standard InChI is InChI=1S/C18H16ClN2O9P/c1-2-10-8-21(17(23)20-16(10)22)15-6-5-14(28-15)18(24,25)30-31(26)27-9-11-7-12(19)3-4-13(11)29-31/h1,3-4,7-8,14-15,24-25H,5-6,9H2,(H,20,22,23). The van der Waals surface area contributed by atoms with Crippen molar-refractivity contribution in [2.75, 3.05) is 0 Å². The Morgan fingerprint density at radius 2 is 2.13 bits per heavy atom. The smallest absolute Gasteiger partial charge is 0.404 e. The van der Waals surface area contributed by atoms with Gasteiger partial charge in [-0.15, -0.1) is 6.42 Å². The van der Waals surface area contributed by atoms with Crippen molar-refractivity contribution in [3.8, 4) is 18.1 Å². The fourth-order valence-electron chi connectivity index (χ4n) is 3.22. The average Bonchev–Trinajstić information content (AvgIpc) is 3.19. The van der Waals surface area contributed by atoms with E-state index in [2.05, 4.69) is 10.9 Å². The maximum absolute atomic E-state index is 12.8. The number of terminal acetylenes is 1. The summed E-state index contributed by atoms with van der Waals surface area (Å²) < 4.78 is 34.5. The summed E-state index contributed by atoms with van der Waals surface area (Å²) in [5.74, 6) is -0.782. The second-order valence-corrected chi connectivity index (χ2v) is 8.78. The Balaban J connectivity index is 1.50. The predicted octanol–water partition coefficient (Wildman–Crippen LogP) is 1.22. The van der Waals surface area contributed by atoms with Crippen LogP contribution in [0, 0.1) is 12.3 Å². The van der Waals surface area contributed by atoms with Crippen molar-refractivity contribution in [3.63, 3.8) is 0 Å². The molecule has 0 spiro atoms. The number of halogens is 1. The molecule has 0 bridgehead atoms. The Hall–Kier alpha value is -2.42. The zero-order valence-corrected chi connectivity index (χ0v) is 17.3. The Bertz CT molecular complexity index is 1230. The number of nitrogens with zero attached hydrogens (tertiary/aromatic N) is 1. The fraction of sp³-hybridized carbons (Fsp3) is 0.333. The van der Waals surface area contributed by atoms with E-state index < -0.39 is 37.4 Å². The van der Waals surface area contributed by atoms with Gasteiger partial charge in [0.15, 0.2) is 0 Å². The van der Waals surface area contributed by atoms with Gasteiger partial charge in [0.25, 0.3) is 5.56 Å². The molecule has 31 heavy (non-hydrogen) atoms. The molecule has 1 saturated heterocycles. The van der Waals surface area contributed by atoms with Crippen LogP contribution in [0.4, 0.5) is 0 Å². The molecule has 11 nitrogen and oxygen atoms in total. The second kappa shape index (κ2) is 7.93. The Labute approximate surface area is 179 Å². The summed E-state index contributed by atoms with van der Waals surface area (Å²) in [5.41, 5.74) is -1.12. The van der Waals surface area contributed by atoms with Gasteiger partial charge >= 0.3 is 19.5 Å². The van der Waals surface area contributed by atoms with Crippen LogP contribution in [0.15, 0.2) is 34.0 Å². The Kier molecular flexibility index (Phi) is 5.57. The quantitative estimate of drug-likeness (QED) is 0.340. The van der Waals surface area contributed by atoms with Crippen molar-refractivity contribution in [1.29, 1.82) is 0 Å². The SMILES string of the molecule is C#Cc1cn(C2CCC(C(O)(O)OP3(=O)OCc4cc(Cl)ccc4O3)O2)c(=O)[nH]c1=O. The summed E-state index contributed by atoms with van der Waals surface area (Å²) in [6, 6.07) is 4.49. The Morgan fingerprint density at radius 1 is 1.35 bits per heavy atom. The topological polar surface area (TPSA) is 149 Å². The van der Waals surface area contributed by atoms with Gasteiger partial charge in [0.2, 0.25) is 0 Å². The second-order valence-electron chi connectivity index (χ2n) is 6.82. The molecule has 1 aromatic heterocycles. The largest absolute Gasteiger partial charge is 0.534 e. The van der Waals surface area contributed by atoms with Crippen molar-refractivity contribution < 1.29 is 33.1 Å². The third-order valence-corrected chi connectivity index (χ3v) is 6.30. The van der Waals surface area contributed by atoms with E-state index in [1.54, 1.807) is 6.07 Å². The number of nitrogens with one attached hydrogen (secondary N) is 1. The van der Waals surface area contributed by atoms with Crippen molar-refractivity contribution in [2.24, 2.45) is 0 Å². The number of rotatable bonds is 4. The van der Waals surface area contributed by atoms with Gasteiger partial charge in [-0.2, -0.15) is 0 Å². The molecule has 2 aliphatic heterocycles. The van der Waals surface area contributed by atoms with Crippen LogP contribution in [-0.4, -0.2) is 31.8 Å². The van der Waals surface area contributed by atoms with E-state index in [1.807, 2.05) is 0 Å². The number of hydrogen-bond donors (Lipinski definition) is 3. The molecule has 2 aliphatic rings. The first-order valence-electron chi connectivity index (χ1n) is 8.96. The monoisotopic (exact) mass is 470 g/mol. The number of aliphatic hydroxyl groups is 2. The van der Waals surface area contributed by atoms with Crippen LogP contribution >= 0.6 is 19.4 Å². The van der Waals surface area contributed by atoms with E-state index in [4.69, 9.17) is 36.3 Å². The lowest BCUT2D eigenvalue weighted by molar-refractivity contribution is -0.349. The number of aromatic amines is 1. The highest BCUT2D eigenvalue weighted by Crippen LogP contribution is 2.57. The first-order chi connectivity index (χ1) is 14.6. The molecule has 0 radical (unpaired) electrons. The van der Waals surface area contributed by atoms with E-state index in [-0.39, 0.29) is 30.8 Å². The summed E-state index contributed by atoms with van der Waals surface area (Å²) >= 11 is 5.88. The van der Waals surface area contributed by atoms with Crippen molar-refractivity contribution in [1.82, 2.24) is 9.55 Å². The lowest BCUT2D eigenvalue weighted by Gasteiger charge is -2.32. The van der Waals surface area contributed by atoms with Gasteiger partial charge in [0.05, 0.1) is 6.61 Å². The molecule has 0 amide bonds. The number of aromatic nitrogens is 2. The number of phosphoric acid groups is 1. The zero-order valence-electron chi connectivity index (χ0n) is 15.7. The maximum atomic E-state index is 12.8. The van der Waals surface area contributed by atoms with Crippen LogP contribution in [0.2, 0.25) is 5.02 Å². The molecule has 1 fully saturated rings. The molecule has 13 heteroatoms. The lowest BCUT2D eigenvalue weighted by Crippen LogP contribution is -2.45. The van der Waals surface area contributed by atoms with E-state index in [9.17, 15) is 24.4 Å². The molecule has 3 atom stereocenters. The van der Waals surface area contributed by atoms with E-state index in [1.165, 1.54) is 12.1 Å². The number of phosphoric ester groups is 1. The number of benzene rings is 1. The summed E-state index contributed by atoms with van der Waals surface area (Å²) in [6.45, 7) is -0.195. The number of fused-ring (bicyclic) bond motifs is 1. The summed E-state index contributed by atoms with van der Waals surface area (Å²) in [6.07, 6.45) is 4.09. The van der Waals surface area contributed by atoms with Crippen LogP contribution in [0.5, 0.6) is 5.75 Å². The van der Waals surface area contributed by atoms with Crippen LogP contribution in [0.25, 0.3) is 0 Å². The van der Waals surface area contributed by atoms with Crippen LogP contribution in [0.3, 0.4) is 0 Å². The van der Waals surface area contributed by atoms with Gasteiger partial charge in [-0.1, -0.05) is 17.5 Å². The van der Waals surface area contributed by atoms with Crippen LogP contribution in [0.1, 0.15) is 30.2 Å².